The average Bonchev–Trinajstić information content (AvgIpc) is 2.26. The Labute approximate surface area is 104 Å². The van der Waals surface area contributed by atoms with Crippen molar-refractivity contribution in [2.45, 2.75) is 58.4 Å². The lowest BCUT2D eigenvalue weighted by Crippen LogP contribution is -2.34. The smallest absolute Gasteiger partial charge is 0.405 e. The van der Waals surface area contributed by atoms with Gasteiger partial charge >= 0.3 is 6.09 Å². The lowest BCUT2D eigenvalue weighted by molar-refractivity contribution is 0.189. The minimum atomic E-state index is -0.917. The maximum atomic E-state index is 10.8. The van der Waals surface area contributed by atoms with E-state index in [-0.39, 0.29) is 6.04 Å². The van der Waals surface area contributed by atoms with E-state index in [0.717, 1.165) is 6.42 Å². The maximum absolute atomic E-state index is 10.8. The van der Waals surface area contributed by atoms with E-state index in [2.05, 4.69) is 25.2 Å². The fourth-order valence-electron chi connectivity index (χ4n) is 2.48. The van der Waals surface area contributed by atoms with Gasteiger partial charge in [-0.05, 0) is 18.3 Å². The van der Waals surface area contributed by atoms with Crippen molar-refractivity contribution in [2.75, 3.05) is 0 Å². The molecule has 0 saturated heterocycles. The molecule has 0 bridgehead atoms. The monoisotopic (exact) mass is 239 g/mol. The number of carbonyl (C=O) groups is 1. The highest BCUT2D eigenvalue weighted by atomic mass is 16.4. The summed E-state index contributed by atoms with van der Waals surface area (Å²) in [5.41, 5.74) is 0. The van der Waals surface area contributed by atoms with Crippen molar-refractivity contribution in [2.24, 2.45) is 11.8 Å². The lowest BCUT2D eigenvalue weighted by Gasteiger charge is -2.25. The Bertz CT molecular complexity index is 255. The molecule has 1 aliphatic carbocycles. The Balaban J connectivity index is 2.46. The molecule has 1 aliphatic rings. The van der Waals surface area contributed by atoms with Crippen LogP contribution in [0, 0.1) is 11.8 Å². The van der Waals surface area contributed by atoms with Crippen molar-refractivity contribution in [1.82, 2.24) is 5.32 Å². The highest BCUT2D eigenvalue weighted by Gasteiger charge is 2.18. The van der Waals surface area contributed by atoms with E-state index in [1.165, 1.54) is 32.1 Å². The van der Waals surface area contributed by atoms with Gasteiger partial charge in [-0.15, -0.1) is 0 Å². The van der Waals surface area contributed by atoms with Crippen molar-refractivity contribution < 1.29 is 9.90 Å². The van der Waals surface area contributed by atoms with Crippen LogP contribution >= 0.6 is 0 Å². The van der Waals surface area contributed by atoms with E-state index in [1.54, 1.807) is 0 Å². The summed E-state index contributed by atoms with van der Waals surface area (Å²) in [6.45, 7) is 4.21. The van der Waals surface area contributed by atoms with Crippen molar-refractivity contribution in [3.8, 4) is 0 Å². The van der Waals surface area contributed by atoms with Gasteiger partial charge < -0.3 is 10.4 Å². The largest absolute Gasteiger partial charge is 0.465 e. The molecule has 0 aromatic carbocycles. The first-order valence-corrected chi connectivity index (χ1v) is 6.75. The third kappa shape index (κ3) is 6.35. The Kier molecular flexibility index (Phi) is 6.09. The fraction of sp³-hybridized carbons (Fsp3) is 0.786. The second-order valence-electron chi connectivity index (χ2n) is 5.42. The molecule has 1 amide bonds. The van der Waals surface area contributed by atoms with Crippen molar-refractivity contribution in [3.05, 3.63) is 12.2 Å². The molecule has 0 aromatic rings. The Morgan fingerprint density at radius 1 is 1.29 bits per heavy atom. The third-order valence-electron chi connectivity index (χ3n) is 3.35. The minimum absolute atomic E-state index is 0.0157. The van der Waals surface area contributed by atoms with Crippen LogP contribution in [0.4, 0.5) is 4.79 Å². The first-order chi connectivity index (χ1) is 8.08. The van der Waals surface area contributed by atoms with Crippen molar-refractivity contribution in [3.63, 3.8) is 0 Å². The highest BCUT2D eigenvalue weighted by Crippen LogP contribution is 2.27. The molecule has 0 aromatic heterocycles. The van der Waals surface area contributed by atoms with Gasteiger partial charge in [0.25, 0.3) is 0 Å². The molecular formula is C14H25NO2. The summed E-state index contributed by atoms with van der Waals surface area (Å²) >= 11 is 0. The van der Waals surface area contributed by atoms with E-state index in [0.29, 0.717) is 11.8 Å². The van der Waals surface area contributed by atoms with Crippen molar-refractivity contribution >= 4 is 6.09 Å². The highest BCUT2D eigenvalue weighted by molar-refractivity contribution is 5.65. The van der Waals surface area contributed by atoms with Gasteiger partial charge in [0, 0.05) is 0 Å². The number of carboxylic acid groups (broad SMARTS) is 1. The molecule has 3 heteroatoms. The van der Waals surface area contributed by atoms with Gasteiger partial charge in [-0.25, -0.2) is 4.79 Å². The summed E-state index contributed by atoms with van der Waals surface area (Å²) in [6.07, 6.45) is 10.6. The standard InChI is InChI=1S/C14H25NO2/c1-11(2)8-9-13(15-14(16)17)10-12-6-4-3-5-7-12/h8-9,11-13,15H,3-7,10H2,1-2H3,(H,16,17)/b9-8-. The Hall–Kier alpha value is -0.990. The van der Waals surface area contributed by atoms with Crippen LogP contribution in [0.3, 0.4) is 0 Å². The number of allylic oxidation sites excluding steroid dienone is 1. The number of hydrogen-bond acceptors (Lipinski definition) is 1. The zero-order valence-electron chi connectivity index (χ0n) is 11.0. The lowest BCUT2D eigenvalue weighted by atomic mass is 9.84. The first-order valence-electron chi connectivity index (χ1n) is 6.75. The van der Waals surface area contributed by atoms with Gasteiger partial charge in [0.05, 0.1) is 6.04 Å². The van der Waals surface area contributed by atoms with Crippen LogP contribution in [-0.2, 0) is 0 Å². The molecular weight excluding hydrogens is 214 g/mol. The van der Waals surface area contributed by atoms with Crippen LogP contribution in [0.2, 0.25) is 0 Å². The van der Waals surface area contributed by atoms with Crippen LogP contribution in [0.1, 0.15) is 52.4 Å². The molecule has 3 nitrogen and oxygen atoms in total. The van der Waals surface area contributed by atoms with Gasteiger partial charge in [0.15, 0.2) is 0 Å². The molecule has 1 atom stereocenters. The van der Waals surface area contributed by atoms with E-state index >= 15 is 0 Å². The molecule has 1 saturated carbocycles. The molecule has 0 radical (unpaired) electrons. The summed E-state index contributed by atoms with van der Waals surface area (Å²) in [6, 6.07) is -0.0157. The average molecular weight is 239 g/mol. The molecule has 17 heavy (non-hydrogen) atoms. The Morgan fingerprint density at radius 2 is 1.94 bits per heavy atom. The number of amides is 1. The summed E-state index contributed by atoms with van der Waals surface area (Å²) in [5.74, 6) is 1.16. The third-order valence-corrected chi connectivity index (χ3v) is 3.35. The topological polar surface area (TPSA) is 49.3 Å². The van der Waals surface area contributed by atoms with Crippen LogP contribution in [0.5, 0.6) is 0 Å². The van der Waals surface area contributed by atoms with E-state index in [9.17, 15) is 4.79 Å². The minimum Gasteiger partial charge on any atom is -0.465 e. The quantitative estimate of drug-likeness (QED) is 0.717. The molecule has 0 spiro atoms. The summed E-state index contributed by atoms with van der Waals surface area (Å²) < 4.78 is 0. The Morgan fingerprint density at radius 3 is 2.47 bits per heavy atom. The molecule has 1 rings (SSSR count). The second-order valence-corrected chi connectivity index (χ2v) is 5.42. The van der Waals surface area contributed by atoms with Crippen LogP contribution < -0.4 is 5.32 Å². The molecule has 98 valence electrons. The number of nitrogens with one attached hydrogen (secondary N) is 1. The fourth-order valence-corrected chi connectivity index (χ4v) is 2.48. The number of hydrogen-bond donors (Lipinski definition) is 2. The van der Waals surface area contributed by atoms with Gasteiger partial charge in [0.1, 0.15) is 0 Å². The van der Waals surface area contributed by atoms with Crippen LogP contribution in [0.15, 0.2) is 12.2 Å². The SMILES string of the molecule is CC(C)/C=C\C(CC1CCCCC1)NC(=O)O. The van der Waals surface area contributed by atoms with Gasteiger partial charge in [0.2, 0.25) is 0 Å². The number of rotatable bonds is 5. The van der Waals surface area contributed by atoms with Gasteiger partial charge in [-0.1, -0.05) is 58.1 Å². The zero-order chi connectivity index (χ0) is 12.7. The first kappa shape index (κ1) is 14.1. The van der Waals surface area contributed by atoms with Gasteiger partial charge in [-0.2, -0.15) is 0 Å². The summed E-state index contributed by atoms with van der Waals surface area (Å²) in [4.78, 5) is 10.8. The predicted molar refractivity (Wildman–Crippen MR) is 70.1 cm³/mol. The molecule has 1 fully saturated rings. The van der Waals surface area contributed by atoms with Crippen LogP contribution in [0.25, 0.3) is 0 Å². The zero-order valence-corrected chi connectivity index (χ0v) is 11.0. The maximum Gasteiger partial charge on any atom is 0.405 e. The summed E-state index contributed by atoms with van der Waals surface area (Å²) in [5, 5.41) is 11.4. The molecule has 1 unspecified atom stereocenters. The van der Waals surface area contributed by atoms with E-state index < -0.39 is 6.09 Å². The molecule has 0 heterocycles. The second kappa shape index (κ2) is 7.36. The normalized spacial score (nSPS) is 19.7. The molecule has 0 aliphatic heterocycles. The van der Waals surface area contributed by atoms with E-state index in [1.807, 2.05) is 6.08 Å². The summed E-state index contributed by atoms with van der Waals surface area (Å²) in [7, 11) is 0. The predicted octanol–water partition coefficient (Wildman–Crippen LogP) is 3.81. The van der Waals surface area contributed by atoms with Crippen molar-refractivity contribution in [1.29, 1.82) is 0 Å². The molecule has 2 N–H and O–H groups in total. The van der Waals surface area contributed by atoms with E-state index in [4.69, 9.17) is 5.11 Å². The van der Waals surface area contributed by atoms with Crippen LogP contribution in [-0.4, -0.2) is 17.2 Å². The van der Waals surface area contributed by atoms with Gasteiger partial charge in [-0.3, -0.25) is 0 Å².